The number of carbonyl (C=O) groups is 1. The normalized spacial score (nSPS) is 22.2. The van der Waals surface area contributed by atoms with E-state index in [1.165, 1.54) is 12.8 Å². The molecule has 0 spiro atoms. The second-order valence-corrected chi connectivity index (χ2v) is 3.07. The molecule has 1 rings (SSSR count). The van der Waals surface area contributed by atoms with Gasteiger partial charge in [0.2, 0.25) is 0 Å². The van der Waals surface area contributed by atoms with Gasteiger partial charge in [-0.25, -0.2) is 0 Å². The highest BCUT2D eigenvalue weighted by atomic mass is 16.4. The first-order chi connectivity index (χ1) is 5.79. The summed E-state index contributed by atoms with van der Waals surface area (Å²) in [5.74, 6) is -0.108. The summed E-state index contributed by atoms with van der Waals surface area (Å²) in [6, 6.07) is 0. The summed E-state index contributed by atoms with van der Waals surface area (Å²) in [5, 5.41) is 8.34. The van der Waals surface area contributed by atoms with Crippen LogP contribution in [0.3, 0.4) is 0 Å². The smallest absolute Gasteiger partial charge is 0.307 e. The van der Waals surface area contributed by atoms with Crippen LogP contribution in [-0.4, -0.2) is 11.1 Å². The third-order valence-corrected chi connectivity index (χ3v) is 2.01. The maximum Gasteiger partial charge on any atom is 0.307 e. The number of hydrogen-bond donors (Lipinski definition) is 1. The zero-order valence-corrected chi connectivity index (χ0v) is 7.07. The van der Waals surface area contributed by atoms with Crippen molar-refractivity contribution in [2.45, 2.75) is 25.7 Å². The Hall–Kier alpha value is -1.05. The van der Waals surface area contributed by atoms with Crippen LogP contribution < -0.4 is 0 Å². The van der Waals surface area contributed by atoms with E-state index in [1.54, 1.807) is 6.08 Å². The standard InChI is InChI=1S/C10H14O2/c11-10(12)8-4-3-7-9-5-1-2-6-9/h1,3-5,9H,2,6-8H2,(H,11,12)/b4-3+. The third kappa shape index (κ3) is 3.37. The molecule has 0 saturated carbocycles. The predicted octanol–water partition coefficient (Wildman–Crippen LogP) is 2.37. The van der Waals surface area contributed by atoms with Gasteiger partial charge in [-0.3, -0.25) is 4.79 Å². The number of aliphatic carboxylic acids is 1. The van der Waals surface area contributed by atoms with Gasteiger partial charge < -0.3 is 5.11 Å². The van der Waals surface area contributed by atoms with E-state index in [1.807, 2.05) is 6.08 Å². The molecule has 0 bridgehead atoms. The molecule has 66 valence electrons. The van der Waals surface area contributed by atoms with Crippen molar-refractivity contribution in [3.05, 3.63) is 24.3 Å². The van der Waals surface area contributed by atoms with Gasteiger partial charge in [0.05, 0.1) is 6.42 Å². The SMILES string of the molecule is O=C(O)C/C=C/CC1C=CCC1. The predicted molar refractivity (Wildman–Crippen MR) is 47.9 cm³/mol. The Balaban J connectivity index is 2.11. The fraction of sp³-hybridized carbons (Fsp3) is 0.500. The summed E-state index contributed by atoms with van der Waals surface area (Å²) in [6.07, 6.45) is 11.6. The molecule has 1 atom stereocenters. The molecule has 0 aromatic carbocycles. The van der Waals surface area contributed by atoms with Crippen molar-refractivity contribution in [3.8, 4) is 0 Å². The van der Waals surface area contributed by atoms with Crippen LogP contribution in [0.25, 0.3) is 0 Å². The Morgan fingerprint density at radius 2 is 2.42 bits per heavy atom. The maximum atomic E-state index is 10.1. The Morgan fingerprint density at radius 3 is 3.00 bits per heavy atom. The Labute approximate surface area is 72.6 Å². The van der Waals surface area contributed by atoms with Gasteiger partial charge in [-0.1, -0.05) is 24.3 Å². The van der Waals surface area contributed by atoms with Gasteiger partial charge in [0.25, 0.3) is 0 Å². The molecule has 1 unspecified atom stereocenters. The molecule has 0 aliphatic heterocycles. The highest BCUT2D eigenvalue weighted by Gasteiger charge is 2.05. The molecule has 0 saturated heterocycles. The zero-order valence-electron chi connectivity index (χ0n) is 7.07. The van der Waals surface area contributed by atoms with E-state index in [4.69, 9.17) is 5.11 Å². The van der Waals surface area contributed by atoms with Crippen molar-refractivity contribution in [2.75, 3.05) is 0 Å². The van der Waals surface area contributed by atoms with Crippen molar-refractivity contribution in [2.24, 2.45) is 5.92 Å². The second-order valence-electron chi connectivity index (χ2n) is 3.07. The van der Waals surface area contributed by atoms with E-state index in [-0.39, 0.29) is 6.42 Å². The molecule has 0 radical (unpaired) electrons. The summed E-state index contributed by atoms with van der Waals surface area (Å²) in [4.78, 5) is 10.1. The number of allylic oxidation sites excluding steroid dienone is 3. The summed E-state index contributed by atoms with van der Waals surface area (Å²) < 4.78 is 0. The van der Waals surface area contributed by atoms with E-state index in [0.717, 1.165) is 6.42 Å². The van der Waals surface area contributed by atoms with Crippen LogP contribution in [-0.2, 0) is 4.79 Å². The molecule has 2 heteroatoms. The average molecular weight is 166 g/mol. The van der Waals surface area contributed by atoms with E-state index in [2.05, 4.69) is 12.2 Å². The van der Waals surface area contributed by atoms with Crippen LogP contribution in [0.4, 0.5) is 0 Å². The first kappa shape index (κ1) is 9.04. The zero-order chi connectivity index (χ0) is 8.81. The van der Waals surface area contributed by atoms with Crippen LogP contribution in [0.1, 0.15) is 25.7 Å². The molecule has 0 aromatic rings. The lowest BCUT2D eigenvalue weighted by Crippen LogP contribution is -1.91. The van der Waals surface area contributed by atoms with Gasteiger partial charge in [-0.15, -0.1) is 0 Å². The molecular weight excluding hydrogens is 152 g/mol. The van der Waals surface area contributed by atoms with Gasteiger partial charge in [0, 0.05) is 0 Å². The number of carboxylic acid groups (broad SMARTS) is 1. The summed E-state index contributed by atoms with van der Waals surface area (Å²) in [7, 11) is 0. The molecule has 1 aliphatic carbocycles. The van der Waals surface area contributed by atoms with Gasteiger partial charge in [-0.05, 0) is 25.2 Å². The van der Waals surface area contributed by atoms with Crippen LogP contribution >= 0.6 is 0 Å². The fourth-order valence-corrected chi connectivity index (χ4v) is 1.35. The van der Waals surface area contributed by atoms with E-state index in [9.17, 15) is 4.79 Å². The minimum atomic E-state index is -0.756. The van der Waals surface area contributed by atoms with Crippen molar-refractivity contribution < 1.29 is 9.90 Å². The van der Waals surface area contributed by atoms with Crippen LogP contribution in [0.2, 0.25) is 0 Å². The van der Waals surface area contributed by atoms with Gasteiger partial charge in [0.1, 0.15) is 0 Å². The molecule has 0 amide bonds. The fourth-order valence-electron chi connectivity index (χ4n) is 1.35. The summed E-state index contributed by atoms with van der Waals surface area (Å²) >= 11 is 0. The lowest BCUT2D eigenvalue weighted by Gasteiger charge is -2.00. The maximum absolute atomic E-state index is 10.1. The van der Waals surface area contributed by atoms with Crippen molar-refractivity contribution in [1.82, 2.24) is 0 Å². The molecule has 0 aromatic heterocycles. The van der Waals surface area contributed by atoms with Crippen molar-refractivity contribution in [1.29, 1.82) is 0 Å². The highest BCUT2D eigenvalue weighted by molar-refractivity contribution is 5.68. The summed E-state index contributed by atoms with van der Waals surface area (Å²) in [5.41, 5.74) is 0. The van der Waals surface area contributed by atoms with E-state index < -0.39 is 5.97 Å². The van der Waals surface area contributed by atoms with Crippen molar-refractivity contribution >= 4 is 5.97 Å². The first-order valence-corrected chi connectivity index (χ1v) is 4.32. The lowest BCUT2D eigenvalue weighted by atomic mass is 10.1. The van der Waals surface area contributed by atoms with Crippen LogP contribution in [0.5, 0.6) is 0 Å². The first-order valence-electron chi connectivity index (χ1n) is 4.32. The van der Waals surface area contributed by atoms with Gasteiger partial charge in [0.15, 0.2) is 0 Å². The highest BCUT2D eigenvalue weighted by Crippen LogP contribution is 2.20. The minimum Gasteiger partial charge on any atom is -0.481 e. The van der Waals surface area contributed by atoms with Crippen LogP contribution in [0, 0.1) is 5.92 Å². The number of rotatable bonds is 4. The number of hydrogen-bond acceptors (Lipinski definition) is 1. The molecular formula is C10H14O2. The Kier molecular flexibility index (Phi) is 3.58. The molecule has 0 heterocycles. The van der Waals surface area contributed by atoms with E-state index >= 15 is 0 Å². The molecule has 1 aliphatic rings. The van der Waals surface area contributed by atoms with E-state index in [0.29, 0.717) is 5.92 Å². The van der Waals surface area contributed by atoms with Crippen LogP contribution in [0.15, 0.2) is 24.3 Å². The molecule has 12 heavy (non-hydrogen) atoms. The van der Waals surface area contributed by atoms with Crippen molar-refractivity contribution in [3.63, 3.8) is 0 Å². The second kappa shape index (κ2) is 4.75. The molecule has 0 fully saturated rings. The average Bonchev–Trinajstić information content (AvgIpc) is 2.49. The lowest BCUT2D eigenvalue weighted by molar-refractivity contribution is -0.136. The minimum absolute atomic E-state index is 0.149. The molecule has 1 N–H and O–H groups in total. The van der Waals surface area contributed by atoms with Gasteiger partial charge >= 0.3 is 5.97 Å². The molecule has 2 nitrogen and oxygen atoms in total. The van der Waals surface area contributed by atoms with Gasteiger partial charge in [-0.2, -0.15) is 0 Å². The Bertz CT molecular complexity index is 204. The summed E-state index contributed by atoms with van der Waals surface area (Å²) in [6.45, 7) is 0. The topological polar surface area (TPSA) is 37.3 Å². The third-order valence-electron chi connectivity index (χ3n) is 2.01. The largest absolute Gasteiger partial charge is 0.481 e. The monoisotopic (exact) mass is 166 g/mol. The Morgan fingerprint density at radius 1 is 1.58 bits per heavy atom. The number of carboxylic acids is 1. The quantitative estimate of drug-likeness (QED) is 0.651.